The number of rotatable bonds is 5. The van der Waals surface area contributed by atoms with Gasteiger partial charge in [0.1, 0.15) is 5.75 Å². The Balaban J connectivity index is 1.81. The summed E-state index contributed by atoms with van der Waals surface area (Å²) in [5.74, 6) is 0.815. The summed E-state index contributed by atoms with van der Waals surface area (Å²) < 4.78 is 5.60. The number of nitrogens with one attached hydrogen (secondary N) is 3. The Morgan fingerprint density at radius 1 is 1.14 bits per heavy atom. The number of anilines is 1. The fraction of sp³-hybridized carbons (Fsp3) is 0.188. The number of H-pyrrole nitrogens is 2. The van der Waals surface area contributed by atoms with Gasteiger partial charge in [0.15, 0.2) is 0 Å². The van der Waals surface area contributed by atoms with E-state index in [1.54, 1.807) is 0 Å². The van der Waals surface area contributed by atoms with E-state index >= 15 is 0 Å². The molecular weight excluding hydrogens is 302 g/mol. The van der Waals surface area contributed by atoms with Gasteiger partial charge < -0.3 is 20.0 Å². The first-order chi connectivity index (χ1) is 10.7. The third-order valence-electron chi connectivity index (χ3n) is 3.32. The number of halogens is 1. The fourth-order valence-electron chi connectivity index (χ4n) is 2.32. The van der Waals surface area contributed by atoms with E-state index in [0.29, 0.717) is 18.2 Å². The van der Waals surface area contributed by atoms with Crippen LogP contribution in [-0.4, -0.2) is 16.6 Å². The summed E-state index contributed by atoms with van der Waals surface area (Å²) in [4.78, 5) is 16.7. The van der Waals surface area contributed by atoms with E-state index in [1.165, 1.54) is 0 Å². The zero-order valence-electron chi connectivity index (χ0n) is 12.1. The van der Waals surface area contributed by atoms with Gasteiger partial charge >= 0.3 is 5.69 Å². The van der Waals surface area contributed by atoms with Gasteiger partial charge in [-0.05, 0) is 43.3 Å². The van der Waals surface area contributed by atoms with Gasteiger partial charge in [-0.2, -0.15) is 0 Å². The minimum absolute atomic E-state index is 0.208. The predicted molar refractivity (Wildman–Crippen MR) is 88.9 cm³/mol. The van der Waals surface area contributed by atoms with Crippen molar-refractivity contribution in [3.8, 4) is 5.75 Å². The van der Waals surface area contributed by atoms with Gasteiger partial charge in [-0.3, -0.25) is 0 Å². The van der Waals surface area contributed by atoms with Gasteiger partial charge in [-0.1, -0.05) is 11.6 Å². The quantitative estimate of drug-likeness (QED) is 0.674. The van der Waals surface area contributed by atoms with Crippen LogP contribution in [-0.2, 0) is 6.54 Å². The maximum atomic E-state index is 11.3. The van der Waals surface area contributed by atoms with Gasteiger partial charge in [0, 0.05) is 22.8 Å². The lowest BCUT2D eigenvalue weighted by Gasteiger charge is -2.12. The van der Waals surface area contributed by atoms with Crippen LogP contribution < -0.4 is 15.7 Å². The van der Waals surface area contributed by atoms with Crippen molar-refractivity contribution in [3.05, 3.63) is 57.5 Å². The first-order valence-corrected chi connectivity index (χ1v) is 7.40. The second kappa shape index (κ2) is 6.15. The molecule has 3 N–H and O–H groups in total. The van der Waals surface area contributed by atoms with E-state index in [0.717, 1.165) is 28.0 Å². The third-order valence-corrected chi connectivity index (χ3v) is 3.56. The highest BCUT2D eigenvalue weighted by Crippen LogP contribution is 2.24. The molecule has 1 aromatic heterocycles. The molecule has 0 unspecified atom stereocenters. The molecule has 22 heavy (non-hydrogen) atoms. The molecule has 0 atom stereocenters. The Labute approximate surface area is 132 Å². The molecule has 0 spiro atoms. The van der Waals surface area contributed by atoms with Gasteiger partial charge in [-0.25, -0.2) is 4.79 Å². The van der Waals surface area contributed by atoms with Crippen LogP contribution >= 0.6 is 11.6 Å². The standard InChI is InChI=1S/C16H16ClN3O2/c1-2-22-15-6-3-11(17)7-10(15)9-18-12-4-5-13-14(8-12)20-16(21)19-13/h3-8,18H,2,9H2,1H3,(H2,19,20,21). The van der Waals surface area contributed by atoms with Gasteiger partial charge in [-0.15, -0.1) is 0 Å². The number of fused-ring (bicyclic) bond motifs is 1. The highest BCUT2D eigenvalue weighted by molar-refractivity contribution is 6.30. The van der Waals surface area contributed by atoms with Gasteiger partial charge in [0.05, 0.1) is 17.6 Å². The molecule has 0 aliphatic carbocycles. The van der Waals surface area contributed by atoms with Crippen LogP contribution in [0.25, 0.3) is 11.0 Å². The summed E-state index contributed by atoms with van der Waals surface area (Å²) in [6.07, 6.45) is 0. The summed E-state index contributed by atoms with van der Waals surface area (Å²) in [5.41, 5.74) is 3.24. The molecule has 114 valence electrons. The zero-order chi connectivity index (χ0) is 15.5. The zero-order valence-corrected chi connectivity index (χ0v) is 12.8. The van der Waals surface area contributed by atoms with E-state index in [-0.39, 0.29) is 5.69 Å². The summed E-state index contributed by atoms with van der Waals surface area (Å²) >= 11 is 6.05. The fourth-order valence-corrected chi connectivity index (χ4v) is 2.52. The van der Waals surface area contributed by atoms with Crippen LogP contribution in [0.2, 0.25) is 5.02 Å². The summed E-state index contributed by atoms with van der Waals surface area (Å²) in [6, 6.07) is 11.2. The monoisotopic (exact) mass is 317 g/mol. The van der Waals surface area contributed by atoms with Crippen LogP contribution in [0.15, 0.2) is 41.2 Å². The molecule has 1 heterocycles. The normalized spacial score (nSPS) is 10.8. The van der Waals surface area contributed by atoms with E-state index in [2.05, 4.69) is 15.3 Å². The number of aromatic nitrogens is 2. The molecule has 3 aromatic rings. The maximum Gasteiger partial charge on any atom is 0.323 e. The van der Waals surface area contributed by atoms with Gasteiger partial charge in [0.2, 0.25) is 0 Å². The summed E-state index contributed by atoms with van der Waals surface area (Å²) in [5, 5.41) is 3.99. The van der Waals surface area contributed by atoms with Crippen molar-refractivity contribution in [2.75, 3.05) is 11.9 Å². The Hall–Kier alpha value is -2.40. The van der Waals surface area contributed by atoms with Crippen LogP contribution in [0.1, 0.15) is 12.5 Å². The molecule has 6 heteroatoms. The first kappa shape index (κ1) is 14.5. The van der Waals surface area contributed by atoms with Crippen molar-refractivity contribution < 1.29 is 4.74 Å². The molecule has 5 nitrogen and oxygen atoms in total. The minimum Gasteiger partial charge on any atom is -0.494 e. The van der Waals surface area contributed by atoms with Crippen molar-refractivity contribution >= 4 is 28.3 Å². The molecule has 0 aliphatic rings. The SMILES string of the molecule is CCOc1ccc(Cl)cc1CNc1ccc2[nH]c(=O)[nH]c2c1. The lowest BCUT2D eigenvalue weighted by Crippen LogP contribution is -2.03. The number of ether oxygens (including phenoxy) is 1. The Kier molecular flexibility index (Phi) is 4.06. The van der Waals surface area contributed by atoms with Crippen molar-refractivity contribution in [2.45, 2.75) is 13.5 Å². The number of hydrogen-bond acceptors (Lipinski definition) is 3. The van der Waals surface area contributed by atoms with Crippen molar-refractivity contribution in [1.29, 1.82) is 0 Å². The van der Waals surface area contributed by atoms with Crippen LogP contribution in [0.3, 0.4) is 0 Å². The summed E-state index contributed by atoms with van der Waals surface area (Å²) in [7, 11) is 0. The Bertz CT molecular complexity index is 854. The van der Waals surface area contributed by atoms with E-state index in [4.69, 9.17) is 16.3 Å². The second-order valence-electron chi connectivity index (χ2n) is 4.88. The van der Waals surface area contributed by atoms with Crippen molar-refractivity contribution in [3.63, 3.8) is 0 Å². The Morgan fingerprint density at radius 2 is 1.95 bits per heavy atom. The van der Waals surface area contributed by atoms with Crippen molar-refractivity contribution in [2.24, 2.45) is 0 Å². The van der Waals surface area contributed by atoms with Crippen LogP contribution in [0, 0.1) is 0 Å². The maximum absolute atomic E-state index is 11.3. The molecule has 0 fully saturated rings. The third kappa shape index (κ3) is 3.09. The predicted octanol–water partition coefficient (Wildman–Crippen LogP) is 3.52. The summed E-state index contributed by atoms with van der Waals surface area (Å²) in [6.45, 7) is 3.13. The molecule has 0 saturated heterocycles. The number of hydrogen-bond donors (Lipinski definition) is 3. The minimum atomic E-state index is -0.208. The van der Waals surface area contributed by atoms with Crippen molar-refractivity contribution in [1.82, 2.24) is 9.97 Å². The molecule has 0 saturated carbocycles. The topological polar surface area (TPSA) is 69.9 Å². The Morgan fingerprint density at radius 3 is 2.77 bits per heavy atom. The van der Waals surface area contributed by atoms with Crippen LogP contribution in [0.5, 0.6) is 5.75 Å². The number of aromatic amines is 2. The number of benzene rings is 2. The highest BCUT2D eigenvalue weighted by Gasteiger charge is 2.05. The van der Waals surface area contributed by atoms with E-state index in [1.807, 2.05) is 43.3 Å². The lowest BCUT2D eigenvalue weighted by atomic mass is 10.2. The van der Waals surface area contributed by atoms with Crippen LogP contribution in [0.4, 0.5) is 5.69 Å². The van der Waals surface area contributed by atoms with E-state index < -0.39 is 0 Å². The largest absolute Gasteiger partial charge is 0.494 e. The highest BCUT2D eigenvalue weighted by atomic mass is 35.5. The smallest absolute Gasteiger partial charge is 0.323 e. The molecule has 0 bridgehead atoms. The van der Waals surface area contributed by atoms with Gasteiger partial charge in [0.25, 0.3) is 0 Å². The molecular formula is C16H16ClN3O2. The molecule has 0 radical (unpaired) electrons. The molecule has 2 aromatic carbocycles. The second-order valence-corrected chi connectivity index (χ2v) is 5.31. The molecule has 0 aliphatic heterocycles. The first-order valence-electron chi connectivity index (χ1n) is 7.03. The number of imidazole rings is 1. The average Bonchev–Trinajstić information content (AvgIpc) is 2.87. The molecule has 0 amide bonds. The molecule has 3 rings (SSSR count). The van der Waals surface area contributed by atoms with E-state index in [9.17, 15) is 4.79 Å². The average molecular weight is 318 g/mol. The lowest BCUT2D eigenvalue weighted by molar-refractivity contribution is 0.337.